The summed E-state index contributed by atoms with van der Waals surface area (Å²) < 4.78 is 0. The van der Waals surface area contributed by atoms with Gasteiger partial charge in [0.05, 0.1) is 5.76 Å². The highest BCUT2D eigenvalue weighted by atomic mass is 16.3. The van der Waals surface area contributed by atoms with Crippen LogP contribution >= 0.6 is 0 Å². The molecule has 1 aliphatic rings. The van der Waals surface area contributed by atoms with Gasteiger partial charge in [0.2, 0.25) is 0 Å². The summed E-state index contributed by atoms with van der Waals surface area (Å²) in [6.45, 7) is 4.16. The summed E-state index contributed by atoms with van der Waals surface area (Å²) in [4.78, 5) is 0. The van der Waals surface area contributed by atoms with Gasteiger partial charge in [-0.05, 0) is 24.8 Å². The van der Waals surface area contributed by atoms with Crippen molar-refractivity contribution in [3.8, 4) is 0 Å². The van der Waals surface area contributed by atoms with Crippen LogP contribution in [0.5, 0.6) is 0 Å². The molecule has 8 heavy (non-hydrogen) atoms. The molecule has 1 nitrogen and oxygen atoms in total. The van der Waals surface area contributed by atoms with E-state index in [-0.39, 0.29) is 0 Å². The zero-order chi connectivity index (χ0) is 6.15. The van der Waals surface area contributed by atoms with E-state index in [1.54, 1.807) is 0 Å². The first kappa shape index (κ1) is 5.67. The molecule has 0 heterocycles. The molecular weight excluding hydrogens is 100 g/mol. The SMILES string of the molecule is CC1=C(O)CC(C)C1. The lowest BCUT2D eigenvalue weighted by molar-refractivity contribution is 0.379. The summed E-state index contributed by atoms with van der Waals surface area (Å²) >= 11 is 0. The van der Waals surface area contributed by atoms with Crippen LogP contribution in [0, 0.1) is 5.92 Å². The molecule has 0 aromatic heterocycles. The van der Waals surface area contributed by atoms with Crippen LogP contribution in [0.1, 0.15) is 26.7 Å². The average Bonchev–Trinajstić information content (AvgIpc) is 1.85. The van der Waals surface area contributed by atoms with Gasteiger partial charge in [0.25, 0.3) is 0 Å². The lowest BCUT2D eigenvalue weighted by Crippen LogP contribution is -1.83. The lowest BCUT2D eigenvalue weighted by Gasteiger charge is -1.94. The molecule has 0 aromatic carbocycles. The van der Waals surface area contributed by atoms with Gasteiger partial charge in [-0.3, -0.25) is 0 Å². The highest BCUT2D eigenvalue weighted by molar-refractivity contribution is 5.11. The largest absolute Gasteiger partial charge is 0.512 e. The maximum Gasteiger partial charge on any atom is 0.0914 e. The molecule has 1 aliphatic carbocycles. The zero-order valence-electron chi connectivity index (χ0n) is 5.44. The Morgan fingerprint density at radius 2 is 2.12 bits per heavy atom. The fourth-order valence-corrected chi connectivity index (χ4v) is 1.22. The molecule has 1 unspecified atom stereocenters. The molecule has 0 saturated carbocycles. The minimum absolute atomic E-state index is 0.623. The number of allylic oxidation sites excluding steroid dienone is 2. The van der Waals surface area contributed by atoms with Gasteiger partial charge in [0.1, 0.15) is 0 Å². The fraction of sp³-hybridized carbons (Fsp3) is 0.714. The predicted octanol–water partition coefficient (Wildman–Crippen LogP) is 2.25. The third-order valence-electron chi connectivity index (χ3n) is 1.69. The molecule has 0 radical (unpaired) electrons. The van der Waals surface area contributed by atoms with E-state index in [0.717, 1.165) is 12.8 Å². The van der Waals surface area contributed by atoms with E-state index in [1.807, 2.05) is 6.92 Å². The van der Waals surface area contributed by atoms with Crippen LogP contribution in [0.4, 0.5) is 0 Å². The van der Waals surface area contributed by atoms with Gasteiger partial charge >= 0.3 is 0 Å². The molecule has 1 rings (SSSR count). The van der Waals surface area contributed by atoms with Crippen molar-refractivity contribution in [2.45, 2.75) is 26.7 Å². The third kappa shape index (κ3) is 0.857. The highest BCUT2D eigenvalue weighted by Gasteiger charge is 2.15. The average molecular weight is 112 g/mol. The summed E-state index contributed by atoms with van der Waals surface area (Å²) in [5.41, 5.74) is 1.18. The van der Waals surface area contributed by atoms with Crippen molar-refractivity contribution >= 4 is 0 Å². The Morgan fingerprint density at radius 3 is 2.25 bits per heavy atom. The standard InChI is InChI=1S/C7H12O/c1-5-3-6(2)7(8)4-5/h5,8H,3-4H2,1-2H3. The van der Waals surface area contributed by atoms with Crippen molar-refractivity contribution < 1.29 is 5.11 Å². The Morgan fingerprint density at radius 1 is 1.50 bits per heavy atom. The lowest BCUT2D eigenvalue weighted by atomic mass is 10.1. The van der Waals surface area contributed by atoms with Gasteiger partial charge in [-0.1, -0.05) is 6.92 Å². The number of rotatable bonds is 0. The summed E-state index contributed by atoms with van der Waals surface area (Å²) in [5.74, 6) is 1.30. The second-order valence-corrected chi connectivity index (χ2v) is 2.74. The molecule has 0 fully saturated rings. The maximum absolute atomic E-state index is 9.05. The van der Waals surface area contributed by atoms with E-state index < -0.39 is 0 Å². The molecule has 0 aromatic rings. The van der Waals surface area contributed by atoms with E-state index in [4.69, 9.17) is 5.11 Å². The summed E-state index contributed by atoms with van der Waals surface area (Å²) in [7, 11) is 0. The van der Waals surface area contributed by atoms with E-state index >= 15 is 0 Å². The minimum Gasteiger partial charge on any atom is -0.512 e. The Bertz CT molecular complexity index is 110. The molecule has 0 bridgehead atoms. The fourth-order valence-electron chi connectivity index (χ4n) is 1.22. The van der Waals surface area contributed by atoms with E-state index in [9.17, 15) is 0 Å². The Hall–Kier alpha value is -0.460. The van der Waals surface area contributed by atoms with Crippen LogP contribution in [-0.4, -0.2) is 5.11 Å². The van der Waals surface area contributed by atoms with Crippen LogP contribution < -0.4 is 0 Å². The van der Waals surface area contributed by atoms with E-state index in [0.29, 0.717) is 11.7 Å². The first-order valence-electron chi connectivity index (χ1n) is 3.07. The minimum atomic E-state index is 0.623. The van der Waals surface area contributed by atoms with E-state index in [2.05, 4.69) is 6.92 Å². The topological polar surface area (TPSA) is 20.2 Å². The second-order valence-electron chi connectivity index (χ2n) is 2.74. The second kappa shape index (κ2) is 1.81. The number of aliphatic hydroxyl groups excluding tert-OH is 1. The van der Waals surface area contributed by atoms with Crippen molar-refractivity contribution in [3.63, 3.8) is 0 Å². The summed E-state index contributed by atoms with van der Waals surface area (Å²) in [5, 5.41) is 9.05. The van der Waals surface area contributed by atoms with Gasteiger partial charge in [-0.15, -0.1) is 0 Å². The molecule has 0 aliphatic heterocycles. The van der Waals surface area contributed by atoms with Gasteiger partial charge in [0.15, 0.2) is 0 Å². The predicted molar refractivity (Wildman–Crippen MR) is 33.7 cm³/mol. The third-order valence-corrected chi connectivity index (χ3v) is 1.69. The van der Waals surface area contributed by atoms with Crippen LogP contribution in [0.2, 0.25) is 0 Å². The first-order chi connectivity index (χ1) is 3.70. The van der Waals surface area contributed by atoms with Crippen molar-refractivity contribution in [1.29, 1.82) is 0 Å². The highest BCUT2D eigenvalue weighted by Crippen LogP contribution is 2.28. The van der Waals surface area contributed by atoms with Gasteiger partial charge in [-0.25, -0.2) is 0 Å². The molecule has 46 valence electrons. The maximum atomic E-state index is 9.05. The number of hydrogen-bond acceptors (Lipinski definition) is 1. The van der Waals surface area contributed by atoms with Crippen molar-refractivity contribution in [3.05, 3.63) is 11.3 Å². The first-order valence-corrected chi connectivity index (χ1v) is 3.07. The molecule has 0 spiro atoms. The summed E-state index contributed by atoms with van der Waals surface area (Å²) in [6, 6.07) is 0. The van der Waals surface area contributed by atoms with Crippen LogP contribution in [-0.2, 0) is 0 Å². The van der Waals surface area contributed by atoms with Crippen molar-refractivity contribution in [2.24, 2.45) is 5.92 Å². The smallest absolute Gasteiger partial charge is 0.0914 e. The van der Waals surface area contributed by atoms with Crippen LogP contribution in [0.15, 0.2) is 11.3 Å². The molecule has 0 amide bonds. The van der Waals surface area contributed by atoms with Crippen LogP contribution in [0.3, 0.4) is 0 Å². The Labute approximate surface area is 50.0 Å². The van der Waals surface area contributed by atoms with Gasteiger partial charge < -0.3 is 5.11 Å². The molecule has 1 heteroatoms. The monoisotopic (exact) mass is 112 g/mol. The Kier molecular flexibility index (Phi) is 1.28. The van der Waals surface area contributed by atoms with Crippen molar-refractivity contribution in [2.75, 3.05) is 0 Å². The quantitative estimate of drug-likeness (QED) is 0.509. The van der Waals surface area contributed by atoms with Gasteiger partial charge in [-0.2, -0.15) is 0 Å². The zero-order valence-corrected chi connectivity index (χ0v) is 5.44. The van der Waals surface area contributed by atoms with Gasteiger partial charge in [0, 0.05) is 6.42 Å². The number of hydrogen-bond donors (Lipinski definition) is 1. The van der Waals surface area contributed by atoms with E-state index in [1.165, 1.54) is 5.57 Å². The number of aliphatic hydroxyl groups is 1. The van der Waals surface area contributed by atoms with Crippen LogP contribution in [0.25, 0.3) is 0 Å². The Balaban J connectivity index is 2.60. The molecule has 1 atom stereocenters. The van der Waals surface area contributed by atoms with Crippen molar-refractivity contribution in [1.82, 2.24) is 0 Å². The molecular formula is C7H12O. The molecule has 1 N–H and O–H groups in total. The normalized spacial score (nSPS) is 29.5. The molecule has 0 saturated heterocycles. The summed E-state index contributed by atoms with van der Waals surface area (Å²) in [6.07, 6.45) is 1.98.